The highest BCUT2D eigenvalue weighted by molar-refractivity contribution is 4.51. The summed E-state index contributed by atoms with van der Waals surface area (Å²) in [6.07, 6.45) is 2.68. The molecule has 0 aromatic rings. The molecule has 0 fully saturated rings. The van der Waals surface area contributed by atoms with Crippen LogP contribution >= 0.6 is 0 Å². The van der Waals surface area contributed by atoms with Crippen LogP contribution in [0, 0.1) is 0 Å². The van der Waals surface area contributed by atoms with Gasteiger partial charge in [-0.1, -0.05) is 6.92 Å². The molecule has 0 aliphatic carbocycles. The maximum atomic E-state index is 5.43. The molecule has 0 saturated heterocycles. The lowest BCUT2D eigenvalue weighted by atomic mass is 10.4. The standard InChI is InChI=1S/C11H26N2O/c1-4-6-12-8-9-13-7-5-10-14-11(2)3/h11-13H,4-10H2,1-3H3. The number of ether oxygens (including phenoxy) is 1. The first-order valence-corrected chi connectivity index (χ1v) is 5.80. The lowest BCUT2D eigenvalue weighted by molar-refractivity contribution is 0.0771. The SMILES string of the molecule is CCCNCCNCCCOC(C)C. The van der Waals surface area contributed by atoms with Gasteiger partial charge in [0.25, 0.3) is 0 Å². The normalized spacial score (nSPS) is 11.1. The van der Waals surface area contributed by atoms with E-state index in [9.17, 15) is 0 Å². The summed E-state index contributed by atoms with van der Waals surface area (Å²) in [5.74, 6) is 0. The van der Waals surface area contributed by atoms with Crippen molar-refractivity contribution in [2.75, 3.05) is 32.8 Å². The van der Waals surface area contributed by atoms with E-state index in [-0.39, 0.29) is 0 Å². The van der Waals surface area contributed by atoms with Gasteiger partial charge in [0.1, 0.15) is 0 Å². The topological polar surface area (TPSA) is 33.3 Å². The van der Waals surface area contributed by atoms with Crippen LogP contribution in [0.1, 0.15) is 33.6 Å². The summed E-state index contributed by atoms with van der Waals surface area (Å²) in [5, 5.41) is 6.73. The molecular weight excluding hydrogens is 176 g/mol. The highest BCUT2D eigenvalue weighted by atomic mass is 16.5. The molecule has 0 heterocycles. The minimum Gasteiger partial charge on any atom is -0.379 e. The van der Waals surface area contributed by atoms with Gasteiger partial charge in [-0.3, -0.25) is 0 Å². The van der Waals surface area contributed by atoms with Crippen LogP contribution in [0.2, 0.25) is 0 Å². The molecule has 0 aliphatic rings. The highest BCUT2D eigenvalue weighted by Gasteiger charge is 1.92. The molecule has 0 aromatic carbocycles. The van der Waals surface area contributed by atoms with E-state index in [0.29, 0.717) is 6.10 Å². The van der Waals surface area contributed by atoms with Crippen LogP contribution in [0.5, 0.6) is 0 Å². The van der Waals surface area contributed by atoms with Crippen molar-refractivity contribution < 1.29 is 4.74 Å². The van der Waals surface area contributed by atoms with E-state index in [1.54, 1.807) is 0 Å². The zero-order valence-corrected chi connectivity index (χ0v) is 9.94. The Labute approximate surface area is 88.6 Å². The molecule has 0 aliphatic heterocycles. The zero-order valence-electron chi connectivity index (χ0n) is 9.94. The molecule has 3 nitrogen and oxygen atoms in total. The van der Waals surface area contributed by atoms with Gasteiger partial charge in [0.2, 0.25) is 0 Å². The Balaban J connectivity index is 2.85. The molecule has 86 valence electrons. The Morgan fingerprint density at radius 1 is 1.00 bits per heavy atom. The molecule has 0 amide bonds. The second-order valence-corrected chi connectivity index (χ2v) is 3.77. The van der Waals surface area contributed by atoms with Gasteiger partial charge in [-0.2, -0.15) is 0 Å². The Morgan fingerprint density at radius 3 is 2.21 bits per heavy atom. The lowest BCUT2D eigenvalue weighted by Crippen LogP contribution is -2.28. The average Bonchev–Trinajstić information content (AvgIpc) is 2.15. The molecule has 2 N–H and O–H groups in total. The maximum absolute atomic E-state index is 5.43. The fourth-order valence-corrected chi connectivity index (χ4v) is 1.12. The summed E-state index contributed by atoms with van der Waals surface area (Å²) in [7, 11) is 0. The molecule has 0 saturated carbocycles. The van der Waals surface area contributed by atoms with Gasteiger partial charge in [0.15, 0.2) is 0 Å². The predicted octanol–water partition coefficient (Wildman–Crippen LogP) is 1.39. The third-order valence-corrected chi connectivity index (χ3v) is 1.85. The van der Waals surface area contributed by atoms with Crippen molar-refractivity contribution in [1.82, 2.24) is 10.6 Å². The Bertz CT molecular complexity index is 107. The molecule has 0 atom stereocenters. The number of hydrogen-bond acceptors (Lipinski definition) is 3. The third-order valence-electron chi connectivity index (χ3n) is 1.85. The number of rotatable bonds is 10. The van der Waals surface area contributed by atoms with E-state index in [1.807, 2.05) is 0 Å². The van der Waals surface area contributed by atoms with Crippen molar-refractivity contribution >= 4 is 0 Å². The van der Waals surface area contributed by atoms with Crippen LogP contribution in [0.15, 0.2) is 0 Å². The van der Waals surface area contributed by atoms with Gasteiger partial charge in [-0.05, 0) is 39.8 Å². The Morgan fingerprint density at radius 2 is 1.64 bits per heavy atom. The van der Waals surface area contributed by atoms with Crippen LogP contribution in [0.25, 0.3) is 0 Å². The molecule has 0 bridgehead atoms. The van der Waals surface area contributed by atoms with E-state index in [0.717, 1.165) is 39.2 Å². The fourth-order valence-electron chi connectivity index (χ4n) is 1.12. The molecule has 0 unspecified atom stereocenters. The predicted molar refractivity (Wildman–Crippen MR) is 61.7 cm³/mol. The highest BCUT2D eigenvalue weighted by Crippen LogP contribution is 1.88. The molecule has 0 radical (unpaired) electrons. The van der Waals surface area contributed by atoms with Crippen LogP contribution in [0.3, 0.4) is 0 Å². The Hall–Kier alpha value is -0.120. The summed E-state index contributed by atoms with van der Waals surface area (Å²) in [5.41, 5.74) is 0. The zero-order chi connectivity index (χ0) is 10.6. The van der Waals surface area contributed by atoms with Gasteiger partial charge >= 0.3 is 0 Å². The quantitative estimate of drug-likeness (QED) is 0.525. The van der Waals surface area contributed by atoms with Crippen LogP contribution in [-0.2, 0) is 4.74 Å². The van der Waals surface area contributed by atoms with Gasteiger partial charge in [0.05, 0.1) is 6.10 Å². The van der Waals surface area contributed by atoms with Crippen molar-refractivity contribution in [3.8, 4) is 0 Å². The number of hydrogen-bond donors (Lipinski definition) is 2. The first-order valence-electron chi connectivity index (χ1n) is 5.80. The van der Waals surface area contributed by atoms with Crippen molar-refractivity contribution in [3.05, 3.63) is 0 Å². The Kier molecular flexibility index (Phi) is 10.9. The van der Waals surface area contributed by atoms with Crippen molar-refractivity contribution in [3.63, 3.8) is 0 Å². The summed E-state index contributed by atoms with van der Waals surface area (Å²) in [6.45, 7) is 11.5. The third kappa shape index (κ3) is 11.9. The van der Waals surface area contributed by atoms with Crippen LogP contribution < -0.4 is 10.6 Å². The van der Waals surface area contributed by atoms with E-state index in [1.165, 1.54) is 6.42 Å². The molecule has 0 rings (SSSR count). The van der Waals surface area contributed by atoms with Gasteiger partial charge in [-0.25, -0.2) is 0 Å². The lowest BCUT2D eigenvalue weighted by Gasteiger charge is -2.08. The van der Waals surface area contributed by atoms with Crippen molar-refractivity contribution in [2.45, 2.75) is 39.7 Å². The summed E-state index contributed by atoms with van der Waals surface area (Å²) < 4.78 is 5.43. The molecule has 0 spiro atoms. The first kappa shape index (κ1) is 13.9. The molecule has 14 heavy (non-hydrogen) atoms. The summed E-state index contributed by atoms with van der Waals surface area (Å²) >= 11 is 0. The van der Waals surface area contributed by atoms with Crippen LogP contribution in [-0.4, -0.2) is 38.9 Å². The molecule has 0 aromatic heterocycles. The minimum atomic E-state index is 0.362. The molecular formula is C11H26N2O. The maximum Gasteiger partial charge on any atom is 0.0518 e. The largest absolute Gasteiger partial charge is 0.379 e. The first-order chi connectivity index (χ1) is 6.77. The van der Waals surface area contributed by atoms with Gasteiger partial charge in [-0.15, -0.1) is 0 Å². The van der Waals surface area contributed by atoms with Crippen molar-refractivity contribution in [2.24, 2.45) is 0 Å². The number of nitrogens with one attached hydrogen (secondary N) is 2. The van der Waals surface area contributed by atoms with Crippen LogP contribution in [0.4, 0.5) is 0 Å². The summed E-state index contributed by atoms with van der Waals surface area (Å²) in [6, 6.07) is 0. The monoisotopic (exact) mass is 202 g/mol. The second-order valence-electron chi connectivity index (χ2n) is 3.77. The second kappa shape index (κ2) is 11.0. The smallest absolute Gasteiger partial charge is 0.0518 e. The minimum absolute atomic E-state index is 0.362. The van der Waals surface area contributed by atoms with E-state index in [4.69, 9.17) is 4.74 Å². The van der Waals surface area contributed by atoms with Gasteiger partial charge in [0, 0.05) is 19.7 Å². The van der Waals surface area contributed by atoms with E-state index < -0.39 is 0 Å². The average molecular weight is 202 g/mol. The van der Waals surface area contributed by atoms with Gasteiger partial charge < -0.3 is 15.4 Å². The summed E-state index contributed by atoms with van der Waals surface area (Å²) in [4.78, 5) is 0. The van der Waals surface area contributed by atoms with Crippen molar-refractivity contribution in [1.29, 1.82) is 0 Å². The molecule has 3 heteroatoms. The van der Waals surface area contributed by atoms with E-state index in [2.05, 4.69) is 31.4 Å². The van der Waals surface area contributed by atoms with E-state index >= 15 is 0 Å². The fraction of sp³-hybridized carbons (Fsp3) is 1.00.